The molecule has 2 aliphatic rings. The second-order valence-corrected chi connectivity index (χ2v) is 8.59. The molecule has 0 saturated heterocycles. The summed E-state index contributed by atoms with van der Waals surface area (Å²) in [5, 5.41) is 0. The molecule has 0 spiro atoms. The maximum Gasteiger partial charge on any atom is 0.267 e. The molecule has 0 aliphatic heterocycles. The van der Waals surface area contributed by atoms with Crippen molar-refractivity contribution in [1.82, 2.24) is 0 Å². The molecule has 2 saturated carbocycles. The van der Waals surface area contributed by atoms with Crippen LogP contribution >= 0.6 is 0 Å². The van der Waals surface area contributed by atoms with Gasteiger partial charge in [0.25, 0.3) is 10.1 Å². The predicted molar refractivity (Wildman–Crippen MR) is 87.2 cm³/mol. The first kappa shape index (κ1) is 17.9. The summed E-state index contributed by atoms with van der Waals surface area (Å²) in [6.07, 6.45) is 12.3. The highest BCUT2D eigenvalue weighted by atomic mass is 32.2. The molecular weight excluding hydrogens is 300 g/mol. The van der Waals surface area contributed by atoms with Gasteiger partial charge in [-0.1, -0.05) is 38.5 Å². The van der Waals surface area contributed by atoms with Gasteiger partial charge in [0.2, 0.25) is 0 Å². The summed E-state index contributed by atoms with van der Waals surface area (Å²) < 4.78 is 29.1. The van der Waals surface area contributed by atoms with Gasteiger partial charge in [-0.05, 0) is 38.5 Å². The summed E-state index contributed by atoms with van der Waals surface area (Å²) in [6, 6.07) is 0. The summed E-state index contributed by atoms with van der Waals surface area (Å²) in [4.78, 5) is 11.9. The smallest absolute Gasteiger partial charge is 0.267 e. The van der Waals surface area contributed by atoms with Crippen molar-refractivity contribution in [3.8, 4) is 0 Å². The summed E-state index contributed by atoms with van der Waals surface area (Å²) >= 11 is 0. The van der Waals surface area contributed by atoms with Crippen LogP contribution in [0.25, 0.3) is 0 Å². The number of rotatable bonds is 9. The topological polar surface area (TPSA) is 60.4 Å². The van der Waals surface area contributed by atoms with Crippen molar-refractivity contribution in [3.05, 3.63) is 0 Å². The van der Waals surface area contributed by atoms with E-state index in [1.165, 1.54) is 19.3 Å². The minimum Gasteiger partial charge on any atom is -0.299 e. The van der Waals surface area contributed by atoms with Gasteiger partial charge in [0.15, 0.2) is 0 Å². The molecule has 0 N–H and O–H groups in total. The van der Waals surface area contributed by atoms with Crippen LogP contribution in [0.1, 0.15) is 83.5 Å². The Hall–Kier alpha value is -0.420. The minimum atomic E-state index is -3.38. The normalized spacial score (nSPS) is 21.3. The third-order valence-electron chi connectivity index (χ3n) is 4.96. The van der Waals surface area contributed by atoms with Crippen LogP contribution in [0, 0.1) is 5.92 Å². The molecular formula is C17H30O4S. The highest BCUT2D eigenvalue weighted by Gasteiger charge is 2.23. The van der Waals surface area contributed by atoms with Gasteiger partial charge in [-0.3, -0.25) is 8.98 Å². The van der Waals surface area contributed by atoms with Crippen molar-refractivity contribution in [2.75, 3.05) is 5.75 Å². The number of Topliss-reactive ketones (excluding diaryl/α,β-unsaturated/α-hetero) is 1. The summed E-state index contributed by atoms with van der Waals surface area (Å²) in [6.45, 7) is 0. The van der Waals surface area contributed by atoms with Crippen LogP contribution in [0.15, 0.2) is 0 Å². The average Bonchev–Trinajstić information content (AvgIpc) is 3.01. The van der Waals surface area contributed by atoms with Gasteiger partial charge in [-0.2, -0.15) is 8.42 Å². The van der Waals surface area contributed by atoms with Crippen molar-refractivity contribution >= 4 is 15.9 Å². The molecule has 0 amide bonds. The third-order valence-corrected chi connectivity index (χ3v) is 6.32. The molecule has 2 fully saturated rings. The number of unbranched alkanes of at least 4 members (excludes halogenated alkanes) is 2. The highest BCUT2D eigenvalue weighted by molar-refractivity contribution is 7.86. The number of hydrogen-bond acceptors (Lipinski definition) is 4. The average molecular weight is 330 g/mol. The monoisotopic (exact) mass is 330 g/mol. The van der Waals surface area contributed by atoms with Crippen molar-refractivity contribution in [2.45, 2.75) is 89.6 Å². The molecule has 22 heavy (non-hydrogen) atoms. The molecule has 2 rings (SSSR count). The number of carbonyl (C=O) groups is 1. The predicted octanol–water partition coefficient (Wildman–Crippen LogP) is 3.99. The number of hydrogen-bond donors (Lipinski definition) is 0. The lowest BCUT2D eigenvalue weighted by molar-refractivity contribution is -0.122. The van der Waals surface area contributed by atoms with Gasteiger partial charge in [0, 0.05) is 12.3 Å². The summed E-state index contributed by atoms with van der Waals surface area (Å²) in [5.74, 6) is 0.776. The molecule has 0 aromatic rings. The first-order valence-electron chi connectivity index (χ1n) is 9.00. The molecule has 0 aromatic carbocycles. The van der Waals surface area contributed by atoms with Crippen molar-refractivity contribution in [1.29, 1.82) is 0 Å². The van der Waals surface area contributed by atoms with Crippen molar-refractivity contribution in [3.63, 3.8) is 0 Å². The molecule has 0 unspecified atom stereocenters. The molecule has 0 atom stereocenters. The van der Waals surface area contributed by atoms with E-state index in [4.69, 9.17) is 4.18 Å². The Kier molecular flexibility index (Phi) is 7.35. The van der Waals surface area contributed by atoms with E-state index in [2.05, 4.69) is 0 Å². The lowest BCUT2D eigenvalue weighted by Gasteiger charge is -2.21. The number of carbonyl (C=O) groups excluding carboxylic acids is 1. The summed E-state index contributed by atoms with van der Waals surface area (Å²) in [5.41, 5.74) is 0. The van der Waals surface area contributed by atoms with E-state index in [1.807, 2.05) is 0 Å². The molecule has 2 aliphatic carbocycles. The molecule has 0 bridgehead atoms. The van der Waals surface area contributed by atoms with E-state index in [9.17, 15) is 13.2 Å². The lowest BCUT2D eigenvalue weighted by atomic mass is 9.98. The standard InChI is InChI=1S/C17H30O4S/c18-17(15-9-6-7-10-15)13-5-2-8-14-22(19,20)21-16-11-3-1-4-12-16/h15-16H,1-14H2. The van der Waals surface area contributed by atoms with E-state index in [1.54, 1.807) is 0 Å². The SMILES string of the molecule is O=C(CCCCCS(=O)(=O)OC1CCCCC1)C1CCCC1. The highest BCUT2D eigenvalue weighted by Crippen LogP contribution is 2.27. The number of ketones is 1. The van der Waals surface area contributed by atoms with Crippen LogP contribution in [0.3, 0.4) is 0 Å². The zero-order valence-corrected chi connectivity index (χ0v) is 14.4. The van der Waals surface area contributed by atoms with Crippen molar-refractivity contribution in [2.24, 2.45) is 5.92 Å². The quantitative estimate of drug-likeness (QED) is 0.474. The van der Waals surface area contributed by atoms with Gasteiger partial charge < -0.3 is 0 Å². The fraction of sp³-hybridized carbons (Fsp3) is 0.941. The fourth-order valence-corrected chi connectivity index (χ4v) is 4.88. The Balaban J connectivity index is 1.55. The minimum absolute atomic E-state index is 0.0947. The Morgan fingerprint density at radius 3 is 2.18 bits per heavy atom. The zero-order chi connectivity index (χ0) is 15.8. The largest absolute Gasteiger partial charge is 0.299 e. The van der Waals surface area contributed by atoms with Crippen LogP contribution in [-0.4, -0.2) is 26.1 Å². The first-order valence-corrected chi connectivity index (χ1v) is 10.6. The Bertz CT molecular complexity index is 432. The van der Waals surface area contributed by atoms with Gasteiger partial charge in [-0.25, -0.2) is 0 Å². The van der Waals surface area contributed by atoms with Crippen LogP contribution < -0.4 is 0 Å². The second-order valence-electron chi connectivity index (χ2n) is 6.88. The van der Waals surface area contributed by atoms with E-state index < -0.39 is 10.1 Å². The molecule has 4 nitrogen and oxygen atoms in total. The van der Waals surface area contributed by atoms with Crippen LogP contribution in [0.4, 0.5) is 0 Å². The Morgan fingerprint density at radius 1 is 0.864 bits per heavy atom. The molecule has 5 heteroatoms. The fourth-order valence-electron chi connectivity index (χ4n) is 3.62. The van der Waals surface area contributed by atoms with E-state index >= 15 is 0 Å². The Morgan fingerprint density at radius 2 is 1.50 bits per heavy atom. The van der Waals surface area contributed by atoms with E-state index in [-0.39, 0.29) is 11.9 Å². The van der Waals surface area contributed by atoms with Gasteiger partial charge in [0.05, 0.1) is 11.9 Å². The third kappa shape index (κ3) is 6.37. The first-order chi connectivity index (χ1) is 10.6. The maximum atomic E-state index is 11.9. The van der Waals surface area contributed by atoms with E-state index in [0.717, 1.165) is 51.4 Å². The maximum absolute atomic E-state index is 11.9. The van der Waals surface area contributed by atoms with Gasteiger partial charge >= 0.3 is 0 Å². The van der Waals surface area contributed by atoms with Crippen molar-refractivity contribution < 1.29 is 17.4 Å². The molecule has 0 aromatic heterocycles. The van der Waals surface area contributed by atoms with Crippen LogP contribution in [-0.2, 0) is 19.1 Å². The van der Waals surface area contributed by atoms with Crippen LogP contribution in [0.5, 0.6) is 0 Å². The molecule has 128 valence electrons. The van der Waals surface area contributed by atoms with Gasteiger partial charge in [0.1, 0.15) is 5.78 Å². The van der Waals surface area contributed by atoms with Gasteiger partial charge in [-0.15, -0.1) is 0 Å². The zero-order valence-electron chi connectivity index (χ0n) is 13.6. The summed E-state index contributed by atoms with van der Waals surface area (Å²) in [7, 11) is -3.38. The van der Waals surface area contributed by atoms with E-state index in [0.29, 0.717) is 24.5 Å². The lowest BCUT2D eigenvalue weighted by Crippen LogP contribution is -2.22. The second kappa shape index (κ2) is 9.02. The van der Waals surface area contributed by atoms with Crippen LogP contribution in [0.2, 0.25) is 0 Å². The molecule has 0 radical (unpaired) electrons. The Labute approximate surface area is 135 Å². The molecule has 0 heterocycles.